The first kappa shape index (κ1) is 21.2. The Morgan fingerprint density at radius 3 is 2.30 bits per heavy atom. The molecule has 2 aromatic rings. The highest BCUT2D eigenvalue weighted by Gasteiger charge is 2.35. The molecule has 1 unspecified atom stereocenters. The molecule has 2 aromatic carbocycles. The lowest BCUT2D eigenvalue weighted by molar-refractivity contribution is -0.127. The van der Waals surface area contributed by atoms with E-state index in [0.717, 1.165) is 22.5 Å². The van der Waals surface area contributed by atoms with Crippen molar-refractivity contribution in [3.63, 3.8) is 0 Å². The predicted molar refractivity (Wildman–Crippen MR) is 118 cm³/mol. The molecule has 1 aliphatic rings. The lowest BCUT2D eigenvalue weighted by atomic mass is 10.1. The number of carbonyl (C=O) groups is 3. The second kappa shape index (κ2) is 8.90. The van der Waals surface area contributed by atoms with Crippen LogP contribution in [0, 0.1) is 13.8 Å². The summed E-state index contributed by atoms with van der Waals surface area (Å²) in [5.74, 6) is -0.720. The van der Waals surface area contributed by atoms with E-state index in [0.29, 0.717) is 0 Å². The van der Waals surface area contributed by atoms with Crippen LogP contribution in [0.2, 0.25) is 0 Å². The zero-order valence-electron chi connectivity index (χ0n) is 17.7. The first-order chi connectivity index (χ1) is 14.3. The average Bonchev–Trinajstić information content (AvgIpc) is 3.16. The number of hydrogen-bond donors (Lipinski definition) is 1. The minimum Gasteiger partial charge on any atom is -0.331 e. The van der Waals surface area contributed by atoms with Crippen LogP contribution < -0.4 is 10.3 Å². The Balaban J connectivity index is 1.71. The van der Waals surface area contributed by atoms with Gasteiger partial charge in [-0.15, -0.1) is 0 Å². The van der Waals surface area contributed by atoms with Gasteiger partial charge in [-0.3, -0.25) is 19.4 Å². The molecule has 30 heavy (non-hydrogen) atoms. The van der Waals surface area contributed by atoms with E-state index in [1.807, 2.05) is 62.4 Å². The normalized spacial score (nSPS) is 15.5. The molecule has 7 nitrogen and oxygen atoms in total. The number of amides is 2. The molecule has 0 aliphatic carbocycles. The zero-order valence-corrected chi connectivity index (χ0v) is 17.7. The minimum absolute atomic E-state index is 0.0687. The predicted octanol–water partition coefficient (Wildman–Crippen LogP) is 2.92. The smallest absolute Gasteiger partial charge is 0.270 e. The van der Waals surface area contributed by atoms with Crippen molar-refractivity contribution in [2.45, 2.75) is 33.2 Å². The van der Waals surface area contributed by atoms with Gasteiger partial charge in [0.15, 0.2) is 5.78 Å². The van der Waals surface area contributed by atoms with Crippen molar-refractivity contribution in [3.05, 3.63) is 59.7 Å². The fourth-order valence-electron chi connectivity index (χ4n) is 3.47. The molecule has 1 atom stereocenters. The summed E-state index contributed by atoms with van der Waals surface area (Å²) in [6.07, 6.45) is 0.214. The molecule has 156 valence electrons. The van der Waals surface area contributed by atoms with Gasteiger partial charge in [-0.05, 0) is 44.0 Å². The van der Waals surface area contributed by atoms with Gasteiger partial charge in [-0.1, -0.05) is 36.4 Å². The highest BCUT2D eigenvalue weighted by atomic mass is 16.2. The van der Waals surface area contributed by atoms with Crippen LogP contribution in [0.4, 0.5) is 11.4 Å². The van der Waals surface area contributed by atoms with Gasteiger partial charge in [0.2, 0.25) is 5.91 Å². The van der Waals surface area contributed by atoms with Crippen molar-refractivity contribution in [3.8, 4) is 0 Å². The number of benzene rings is 2. The van der Waals surface area contributed by atoms with Gasteiger partial charge in [0.05, 0.1) is 12.2 Å². The number of nitrogens with one attached hydrogen (secondary N) is 1. The van der Waals surface area contributed by atoms with Crippen LogP contribution in [0.3, 0.4) is 0 Å². The van der Waals surface area contributed by atoms with Crippen LogP contribution in [0.5, 0.6) is 0 Å². The van der Waals surface area contributed by atoms with Crippen LogP contribution in [0.15, 0.2) is 53.6 Å². The van der Waals surface area contributed by atoms with Gasteiger partial charge >= 0.3 is 0 Å². The number of Topliss-reactive ketones (excluding diaryl/α,β-unsaturated/α-hetero) is 1. The van der Waals surface area contributed by atoms with Gasteiger partial charge in [0.1, 0.15) is 11.8 Å². The molecular formula is C23H26N4O3. The fraction of sp³-hybridized carbons (Fsp3) is 0.304. The molecule has 1 aliphatic heterocycles. The molecule has 0 bridgehead atoms. The molecule has 7 heteroatoms. The lowest BCUT2D eigenvalue weighted by Crippen LogP contribution is -2.39. The number of aryl methyl sites for hydroxylation is 2. The van der Waals surface area contributed by atoms with Crippen molar-refractivity contribution >= 4 is 34.7 Å². The van der Waals surface area contributed by atoms with Crippen molar-refractivity contribution in [1.29, 1.82) is 0 Å². The van der Waals surface area contributed by atoms with Crippen LogP contribution in [-0.2, 0) is 14.4 Å². The Bertz CT molecular complexity index is 981. The first-order valence-corrected chi connectivity index (χ1v) is 9.81. The van der Waals surface area contributed by atoms with Gasteiger partial charge in [-0.25, -0.2) is 0 Å². The van der Waals surface area contributed by atoms with Gasteiger partial charge < -0.3 is 10.2 Å². The lowest BCUT2D eigenvalue weighted by Gasteiger charge is -2.20. The maximum atomic E-state index is 12.9. The summed E-state index contributed by atoms with van der Waals surface area (Å²) >= 11 is 0. The van der Waals surface area contributed by atoms with E-state index < -0.39 is 6.04 Å². The number of rotatable bonds is 6. The number of hydrazone groups is 1. The van der Waals surface area contributed by atoms with E-state index in [2.05, 4.69) is 10.4 Å². The molecular weight excluding hydrogens is 380 g/mol. The van der Waals surface area contributed by atoms with E-state index in [-0.39, 0.29) is 36.3 Å². The number of nitrogens with zero attached hydrogens (tertiary/aromatic N) is 3. The maximum absolute atomic E-state index is 12.9. The Hall–Kier alpha value is -3.48. The molecule has 3 rings (SSSR count). The largest absolute Gasteiger partial charge is 0.331 e. The van der Waals surface area contributed by atoms with E-state index >= 15 is 0 Å². The van der Waals surface area contributed by atoms with E-state index in [4.69, 9.17) is 0 Å². The molecule has 0 saturated heterocycles. The van der Waals surface area contributed by atoms with Crippen molar-refractivity contribution in [2.75, 3.05) is 23.9 Å². The van der Waals surface area contributed by atoms with Crippen molar-refractivity contribution < 1.29 is 14.4 Å². The van der Waals surface area contributed by atoms with E-state index in [1.165, 1.54) is 11.8 Å². The summed E-state index contributed by atoms with van der Waals surface area (Å²) in [6.45, 7) is 5.22. The zero-order chi connectivity index (χ0) is 21.8. The molecule has 0 aromatic heterocycles. The van der Waals surface area contributed by atoms with Crippen LogP contribution in [0.1, 0.15) is 24.5 Å². The fourth-order valence-corrected chi connectivity index (χ4v) is 3.47. The molecule has 1 heterocycles. The Morgan fingerprint density at radius 1 is 1.07 bits per heavy atom. The number of para-hydroxylation sites is 2. The number of hydrogen-bond acceptors (Lipinski definition) is 5. The van der Waals surface area contributed by atoms with Crippen LogP contribution in [-0.4, -0.2) is 47.8 Å². The third kappa shape index (κ3) is 4.56. The summed E-state index contributed by atoms with van der Waals surface area (Å²) in [6, 6.07) is 14.5. The molecule has 1 N–H and O–H groups in total. The number of carbonyl (C=O) groups excluding carboxylic acids is 3. The summed E-state index contributed by atoms with van der Waals surface area (Å²) in [5, 5.41) is 8.87. The molecule has 0 saturated carbocycles. The molecule has 2 amide bonds. The second-order valence-corrected chi connectivity index (χ2v) is 7.53. The Kier molecular flexibility index (Phi) is 6.30. The first-order valence-electron chi connectivity index (χ1n) is 9.81. The second-order valence-electron chi connectivity index (χ2n) is 7.53. The third-order valence-corrected chi connectivity index (χ3v) is 5.12. The van der Waals surface area contributed by atoms with Crippen LogP contribution >= 0.6 is 0 Å². The van der Waals surface area contributed by atoms with Gasteiger partial charge in [0.25, 0.3) is 5.91 Å². The summed E-state index contributed by atoms with van der Waals surface area (Å²) in [7, 11) is 1.56. The Labute approximate surface area is 176 Å². The van der Waals surface area contributed by atoms with Crippen molar-refractivity contribution in [2.24, 2.45) is 5.10 Å². The SMILES string of the molecule is CC(=O)C1CC(C(=O)N(C)CC(=O)Nc2c(C)cccc2C)=NN1c1ccccc1. The number of likely N-dealkylation sites (N-methyl/N-ethyl adjacent to an activating group) is 1. The Morgan fingerprint density at radius 2 is 1.70 bits per heavy atom. The van der Waals surface area contributed by atoms with Gasteiger partial charge in [-0.2, -0.15) is 5.10 Å². The van der Waals surface area contributed by atoms with E-state index in [1.54, 1.807) is 12.1 Å². The summed E-state index contributed by atoms with van der Waals surface area (Å²) < 4.78 is 0. The molecule has 0 fully saturated rings. The monoisotopic (exact) mass is 406 g/mol. The summed E-state index contributed by atoms with van der Waals surface area (Å²) in [5.41, 5.74) is 3.69. The minimum atomic E-state index is -0.525. The third-order valence-electron chi connectivity index (χ3n) is 5.12. The molecule has 0 spiro atoms. The summed E-state index contributed by atoms with van der Waals surface area (Å²) in [4.78, 5) is 38.8. The number of anilines is 2. The standard InChI is InChI=1S/C23H26N4O3/c1-15-9-8-10-16(2)22(15)24-21(29)14-26(4)23(30)19-13-20(17(3)28)27(25-19)18-11-6-5-7-12-18/h5-12,20H,13-14H2,1-4H3,(H,24,29). The molecule has 0 radical (unpaired) electrons. The average molecular weight is 406 g/mol. The maximum Gasteiger partial charge on any atom is 0.270 e. The van der Waals surface area contributed by atoms with Gasteiger partial charge in [0, 0.05) is 19.2 Å². The number of ketones is 1. The topological polar surface area (TPSA) is 82.1 Å². The van der Waals surface area contributed by atoms with Crippen molar-refractivity contribution in [1.82, 2.24) is 4.90 Å². The van der Waals surface area contributed by atoms with Crippen LogP contribution in [0.25, 0.3) is 0 Å². The van der Waals surface area contributed by atoms with E-state index in [9.17, 15) is 14.4 Å². The highest BCUT2D eigenvalue weighted by molar-refractivity contribution is 6.40. The quantitative estimate of drug-likeness (QED) is 0.800. The highest BCUT2D eigenvalue weighted by Crippen LogP contribution is 2.25.